The van der Waals surface area contributed by atoms with Crippen molar-refractivity contribution in [2.24, 2.45) is 5.73 Å². The van der Waals surface area contributed by atoms with Crippen molar-refractivity contribution in [1.29, 1.82) is 5.26 Å². The molecule has 1 atom stereocenters. The minimum Gasteiger partial charge on any atom is -0.329 e. The Morgan fingerprint density at radius 1 is 1.29 bits per heavy atom. The fraction of sp³-hybridized carbons (Fsp3) is 0.500. The maximum atomic E-state index is 8.75. The number of nitriles is 1. The molecule has 0 aliphatic carbocycles. The molecule has 0 saturated carbocycles. The summed E-state index contributed by atoms with van der Waals surface area (Å²) in [7, 11) is 0. The molecule has 0 amide bonds. The molecule has 0 unspecified atom stereocenters. The van der Waals surface area contributed by atoms with E-state index < -0.39 is 0 Å². The average Bonchev–Trinajstić information content (AvgIpc) is 2.40. The standard InChI is InChI=1S/C14H19N3/c15-9-12-4-6-13(7-5-12)11-17-8-2-1-3-14(17)10-16/h4-7,14H,1-3,8,10-11,16H2/t14-/m0/s1. The third kappa shape index (κ3) is 3.06. The maximum Gasteiger partial charge on any atom is 0.0991 e. The van der Waals surface area contributed by atoms with Crippen molar-refractivity contribution < 1.29 is 0 Å². The fourth-order valence-corrected chi connectivity index (χ4v) is 2.45. The lowest BCUT2D eigenvalue weighted by atomic mass is 10.0. The van der Waals surface area contributed by atoms with Gasteiger partial charge in [-0.1, -0.05) is 18.6 Å². The number of nitrogens with zero attached hydrogens (tertiary/aromatic N) is 2. The van der Waals surface area contributed by atoms with Gasteiger partial charge < -0.3 is 5.73 Å². The van der Waals surface area contributed by atoms with Crippen molar-refractivity contribution in [3.63, 3.8) is 0 Å². The van der Waals surface area contributed by atoms with Crippen LogP contribution in [0.25, 0.3) is 0 Å². The molecule has 17 heavy (non-hydrogen) atoms. The van der Waals surface area contributed by atoms with Crippen LogP contribution in [0.5, 0.6) is 0 Å². The summed E-state index contributed by atoms with van der Waals surface area (Å²) in [6, 6.07) is 10.5. The monoisotopic (exact) mass is 229 g/mol. The Morgan fingerprint density at radius 3 is 2.71 bits per heavy atom. The number of nitrogens with two attached hydrogens (primary N) is 1. The molecule has 1 fully saturated rings. The van der Waals surface area contributed by atoms with Crippen LogP contribution in [0.1, 0.15) is 30.4 Å². The summed E-state index contributed by atoms with van der Waals surface area (Å²) in [4.78, 5) is 2.46. The number of rotatable bonds is 3. The molecule has 1 aliphatic heterocycles. The lowest BCUT2D eigenvalue weighted by Crippen LogP contribution is -2.43. The summed E-state index contributed by atoms with van der Waals surface area (Å²) in [5.74, 6) is 0. The molecule has 3 nitrogen and oxygen atoms in total. The second-order valence-corrected chi connectivity index (χ2v) is 4.66. The summed E-state index contributed by atoms with van der Waals surface area (Å²) in [6.45, 7) is 2.84. The van der Waals surface area contributed by atoms with Gasteiger partial charge in [0, 0.05) is 19.1 Å². The Bertz CT molecular complexity index is 391. The first-order valence-electron chi connectivity index (χ1n) is 6.26. The molecular formula is C14H19N3. The van der Waals surface area contributed by atoms with E-state index in [9.17, 15) is 0 Å². The zero-order chi connectivity index (χ0) is 12.1. The van der Waals surface area contributed by atoms with Crippen LogP contribution in [0.3, 0.4) is 0 Å². The lowest BCUT2D eigenvalue weighted by Gasteiger charge is -2.35. The van der Waals surface area contributed by atoms with E-state index in [1.807, 2.05) is 24.3 Å². The lowest BCUT2D eigenvalue weighted by molar-refractivity contribution is 0.145. The van der Waals surface area contributed by atoms with E-state index in [1.165, 1.54) is 24.8 Å². The molecule has 3 heteroatoms. The largest absolute Gasteiger partial charge is 0.329 e. The molecule has 2 rings (SSSR count). The predicted molar refractivity (Wildman–Crippen MR) is 68.3 cm³/mol. The minimum absolute atomic E-state index is 0.527. The van der Waals surface area contributed by atoms with Crippen molar-refractivity contribution in [3.8, 4) is 6.07 Å². The second kappa shape index (κ2) is 5.81. The van der Waals surface area contributed by atoms with Gasteiger partial charge in [-0.3, -0.25) is 4.90 Å². The Balaban J connectivity index is 2.01. The van der Waals surface area contributed by atoms with Crippen molar-refractivity contribution in [2.45, 2.75) is 31.8 Å². The molecule has 2 N–H and O–H groups in total. The molecular weight excluding hydrogens is 210 g/mol. The van der Waals surface area contributed by atoms with E-state index in [0.29, 0.717) is 6.04 Å². The van der Waals surface area contributed by atoms with Crippen LogP contribution in [0.2, 0.25) is 0 Å². The van der Waals surface area contributed by atoms with E-state index >= 15 is 0 Å². The van der Waals surface area contributed by atoms with Crippen LogP contribution >= 0.6 is 0 Å². The number of hydrogen-bond donors (Lipinski definition) is 1. The average molecular weight is 229 g/mol. The number of hydrogen-bond acceptors (Lipinski definition) is 3. The van der Waals surface area contributed by atoms with Crippen LogP contribution in [0.15, 0.2) is 24.3 Å². The van der Waals surface area contributed by atoms with Crippen LogP contribution in [0.4, 0.5) is 0 Å². The van der Waals surface area contributed by atoms with Gasteiger partial charge in [0.2, 0.25) is 0 Å². The van der Waals surface area contributed by atoms with Crippen molar-refractivity contribution in [2.75, 3.05) is 13.1 Å². The summed E-state index contributed by atoms with van der Waals surface area (Å²) in [5.41, 5.74) is 7.80. The van der Waals surface area contributed by atoms with E-state index in [4.69, 9.17) is 11.0 Å². The summed E-state index contributed by atoms with van der Waals surface area (Å²) in [6.07, 6.45) is 3.78. The highest BCUT2D eigenvalue weighted by atomic mass is 15.2. The van der Waals surface area contributed by atoms with Gasteiger partial charge >= 0.3 is 0 Å². The normalized spacial score (nSPS) is 21.1. The number of benzene rings is 1. The number of likely N-dealkylation sites (tertiary alicyclic amines) is 1. The molecule has 90 valence electrons. The third-order valence-corrected chi connectivity index (χ3v) is 3.49. The molecule has 1 saturated heterocycles. The van der Waals surface area contributed by atoms with Crippen molar-refractivity contribution in [1.82, 2.24) is 4.90 Å². The van der Waals surface area contributed by atoms with Gasteiger partial charge in [-0.2, -0.15) is 5.26 Å². The van der Waals surface area contributed by atoms with Crippen LogP contribution in [-0.4, -0.2) is 24.0 Å². The SMILES string of the molecule is N#Cc1ccc(CN2CCCC[C@H]2CN)cc1. The molecule has 1 aromatic carbocycles. The van der Waals surface area contributed by atoms with E-state index in [2.05, 4.69) is 11.0 Å². The third-order valence-electron chi connectivity index (χ3n) is 3.49. The molecule has 1 aliphatic rings. The van der Waals surface area contributed by atoms with Crippen molar-refractivity contribution >= 4 is 0 Å². The smallest absolute Gasteiger partial charge is 0.0991 e. The first kappa shape index (κ1) is 12.1. The zero-order valence-corrected chi connectivity index (χ0v) is 10.1. The Labute approximate surface area is 103 Å². The Hall–Kier alpha value is -1.37. The second-order valence-electron chi connectivity index (χ2n) is 4.66. The first-order valence-corrected chi connectivity index (χ1v) is 6.26. The highest BCUT2D eigenvalue weighted by molar-refractivity contribution is 5.31. The van der Waals surface area contributed by atoms with Crippen LogP contribution in [-0.2, 0) is 6.54 Å². The quantitative estimate of drug-likeness (QED) is 0.861. The summed E-state index contributed by atoms with van der Waals surface area (Å²) < 4.78 is 0. The van der Waals surface area contributed by atoms with Gasteiger partial charge in [0.25, 0.3) is 0 Å². The van der Waals surface area contributed by atoms with Gasteiger partial charge in [0.1, 0.15) is 0 Å². The van der Waals surface area contributed by atoms with Crippen LogP contribution in [0, 0.1) is 11.3 Å². The topological polar surface area (TPSA) is 53.0 Å². The highest BCUT2D eigenvalue weighted by Gasteiger charge is 2.20. The minimum atomic E-state index is 0.527. The van der Waals surface area contributed by atoms with E-state index in [-0.39, 0.29) is 0 Å². The fourth-order valence-electron chi connectivity index (χ4n) is 2.45. The molecule has 0 aromatic heterocycles. The molecule has 1 aromatic rings. The van der Waals surface area contributed by atoms with E-state index in [0.717, 1.165) is 25.2 Å². The summed E-state index contributed by atoms with van der Waals surface area (Å²) in [5, 5.41) is 8.75. The van der Waals surface area contributed by atoms with E-state index in [1.54, 1.807) is 0 Å². The van der Waals surface area contributed by atoms with Crippen molar-refractivity contribution in [3.05, 3.63) is 35.4 Å². The predicted octanol–water partition coefficient (Wildman–Crippen LogP) is 1.87. The molecule has 0 bridgehead atoms. The Morgan fingerprint density at radius 2 is 2.06 bits per heavy atom. The first-order chi connectivity index (χ1) is 8.33. The number of piperidine rings is 1. The molecule has 0 spiro atoms. The van der Waals surface area contributed by atoms with Gasteiger partial charge in [-0.25, -0.2) is 0 Å². The molecule has 1 heterocycles. The van der Waals surface area contributed by atoms with Gasteiger partial charge in [0.15, 0.2) is 0 Å². The zero-order valence-electron chi connectivity index (χ0n) is 10.1. The van der Waals surface area contributed by atoms with Gasteiger partial charge in [-0.15, -0.1) is 0 Å². The van der Waals surface area contributed by atoms with Gasteiger partial charge in [-0.05, 0) is 37.1 Å². The van der Waals surface area contributed by atoms with Gasteiger partial charge in [0.05, 0.1) is 11.6 Å². The molecule has 0 radical (unpaired) electrons. The van der Waals surface area contributed by atoms with Crippen LogP contribution < -0.4 is 5.73 Å². The maximum absolute atomic E-state index is 8.75. The summed E-state index contributed by atoms with van der Waals surface area (Å²) >= 11 is 0. The highest BCUT2D eigenvalue weighted by Crippen LogP contribution is 2.19. The Kier molecular flexibility index (Phi) is 4.13.